The van der Waals surface area contributed by atoms with Gasteiger partial charge in [-0.15, -0.1) is 0 Å². The van der Waals surface area contributed by atoms with Gasteiger partial charge in [-0.2, -0.15) is 8.42 Å². The number of alkyl halides is 1. The predicted octanol–water partition coefficient (Wildman–Crippen LogP) is 8.47. The van der Waals surface area contributed by atoms with Gasteiger partial charge in [-0.05, 0) is 19.3 Å². The summed E-state index contributed by atoms with van der Waals surface area (Å²) < 4.78 is 42.6. The van der Waals surface area contributed by atoms with Gasteiger partial charge < -0.3 is 0 Å². The van der Waals surface area contributed by atoms with E-state index in [0.717, 1.165) is 25.7 Å². The predicted molar refractivity (Wildman–Crippen MR) is 123 cm³/mol. The molecule has 5 heteroatoms. The fourth-order valence-corrected chi connectivity index (χ4v) is 4.55. The highest BCUT2D eigenvalue weighted by molar-refractivity contribution is 7.87. The zero-order chi connectivity index (χ0) is 21.6. The van der Waals surface area contributed by atoms with Gasteiger partial charge in [-0.25, -0.2) is 4.39 Å². The van der Waals surface area contributed by atoms with Gasteiger partial charge in [-0.3, -0.25) is 4.18 Å². The van der Waals surface area contributed by atoms with E-state index >= 15 is 0 Å². The van der Waals surface area contributed by atoms with E-state index in [4.69, 9.17) is 4.18 Å². The average Bonchev–Trinajstić information content (AvgIpc) is 2.70. The molecular weight excluding hydrogens is 387 g/mol. The molecular formula is C24H49FO3S. The molecule has 1 atom stereocenters. The molecule has 0 spiro atoms. The second-order valence-corrected chi connectivity index (χ2v) is 10.3. The van der Waals surface area contributed by atoms with Gasteiger partial charge in [0.05, 0.1) is 6.61 Å². The zero-order valence-electron chi connectivity index (χ0n) is 19.4. The highest BCUT2D eigenvalue weighted by Gasteiger charge is 2.25. The van der Waals surface area contributed by atoms with Crippen molar-refractivity contribution in [3.05, 3.63) is 0 Å². The topological polar surface area (TPSA) is 43.4 Å². The van der Waals surface area contributed by atoms with E-state index in [0.29, 0.717) is 12.8 Å². The van der Waals surface area contributed by atoms with E-state index in [-0.39, 0.29) is 13.0 Å². The normalized spacial score (nSPS) is 13.1. The monoisotopic (exact) mass is 436 g/mol. The summed E-state index contributed by atoms with van der Waals surface area (Å²) in [5.41, 5.74) is -1.87. The molecule has 0 aromatic carbocycles. The summed E-state index contributed by atoms with van der Waals surface area (Å²) in [5, 5.41) is 0. The fourth-order valence-electron chi connectivity index (χ4n) is 3.60. The molecule has 0 aliphatic rings. The Hall–Kier alpha value is -0.160. The smallest absolute Gasteiger partial charge is 0.268 e. The van der Waals surface area contributed by atoms with Crippen LogP contribution in [0.5, 0.6) is 0 Å². The molecule has 0 aromatic heterocycles. The standard InChI is InChI=1S/C24H49FO3S/c1-3-5-7-9-11-13-15-17-19-21-23-28-29(26,27)24(25)22-20-18-16-14-12-10-8-6-4-2/h24H,3-23H2,1-2H3. The van der Waals surface area contributed by atoms with Crippen molar-refractivity contribution in [2.24, 2.45) is 0 Å². The molecule has 0 rings (SSSR count). The van der Waals surface area contributed by atoms with Crippen molar-refractivity contribution in [3.63, 3.8) is 0 Å². The van der Waals surface area contributed by atoms with Crippen LogP contribution in [0.3, 0.4) is 0 Å². The van der Waals surface area contributed by atoms with E-state index in [1.165, 1.54) is 83.5 Å². The minimum absolute atomic E-state index is 0.0657. The van der Waals surface area contributed by atoms with Crippen LogP contribution in [-0.2, 0) is 14.3 Å². The lowest BCUT2D eigenvalue weighted by Crippen LogP contribution is -2.19. The van der Waals surface area contributed by atoms with Crippen molar-refractivity contribution in [1.29, 1.82) is 0 Å². The second-order valence-electron chi connectivity index (χ2n) is 8.52. The first-order chi connectivity index (χ1) is 14.0. The van der Waals surface area contributed by atoms with Gasteiger partial charge in [0.2, 0.25) is 5.50 Å². The van der Waals surface area contributed by atoms with Crippen molar-refractivity contribution >= 4 is 10.1 Å². The summed E-state index contributed by atoms with van der Waals surface area (Å²) >= 11 is 0. The Morgan fingerprint density at radius 3 is 1.34 bits per heavy atom. The third-order valence-electron chi connectivity index (χ3n) is 5.59. The van der Waals surface area contributed by atoms with Crippen molar-refractivity contribution in [2.45, 2.75) is 148 Å². The van der Waals surface area contributed by atoms with E-state index < -0.39 is 15.6 Å². The van der Waals surface area contributed by atoms with Gasteiger partial charge in [0.25, 0.3) is 10.1 Å². The van der Waals surface area contributed by atoms with Crippen LogP contribution in [0.2, 0.25) is 0 Å². The fraction of sp³-hybridized carbons (Fsp3) is 1.00. The number of unbranched alkanes of at least 4 members (excludes halogenated alkanes) is 17. The minimum atomic E-state index is -4.04. The van der Waals surface area contributed by atoms with Crippen molar-refractivity contribution in [2.75, 3.05) is 6.61 Å². The molecule has 0 bridgehead atoms. The van der Waals surface area contributed by atoms with Gasteiger partial charge in [-0.1, -0.05) is 123 Å². The largest absolute Gasteiger partial charge is 0.299 e. The van der Waals surface area contributed by atoms with Crippen LogP contribution in [0.25, 0.3) is 0 Å². The third kappa shape index (κ3) is 19.5. The Morgan fingerprint density at radius 1 is 0.586 bits per heavy atom. The highest BCUT2D eigenvalue weighted by Crippen LogP contribution is 2.17. The number of rotatable bonds is 23. The molecule has 0 radical (unpaired) electrons. The summed E-state index contributed by atoms with van der Waals surface area (Å²) in [4.78, 5) is 0. The van der Waals surface area contributed by atoms with Crippen molar-refractivity contribution in [1.82, 2.24) is 0 Å². The Balaban J connectivity index is 3.51. The summed E-state index contributed by atoms with van der Waals surface area (Å²) in [6.07, 6.45) is 22.0. The SMILES string of the molecule is CCCCCCCCCCCCOS(=O)(=O)C(F)CCCCCCCCCCC. The minimum Gasteiger partial charge on any atom is -0.268 e. The first kappa shape index (κ1) is 28.8. The molecule has 0 aromatic rings. The molecule has 3 nitrogen and oxygen atoms in total. The Kier molecular flexibility index (Phi) is 21.0. The van der Waals surface area contributed by atoms with E-state index in [2.05, 4.69) is 13.8 Å². The van der Waals surface area contributed by atoms with Crippen molar-refractivity contribution in [3.8, 4) is 0 Å². The lowest BCUT2D eigenvalue weighted by molar-refractivity contribution is 0.270. The zero-order valence-corrected chi connectivity index (χ0v) is 20.3. The third-order valence-corrected chi connectivity index (χ3v) is 6.95. The summed E-state index contributed by atoms with van der Waals surface area (Å²) in [5.74, 6) is 0. The number of halogens is 1. The van der Waals surface area contributed by atoms with Gasteiger partial charge in [0.1, 0.15) is 0 Å². The van der Waals surface area contributed by atoms with E-state index in [1.54, 1.807) is 0 Å². The van der Waals surface area contributed by atoms with Crippen LogP contribution >= 0.6 is 0 Å². The van der Waals surface area contributed by atoms with Crippen LogP contribution in [0.4, 0.5) is 4.39 Å². The molecule has 29 heavy (non-hydrogen) atoms. The van der Waals surface area contributed by atoms with Gasteiger partial charge in [0.15, 0.2) is 0 Å². The quantitative estimate of drug-likeness (QED) is 0.119. The van der Waals surface area contributed by atoms with Crippen LogP contribution in [-0.4, -0.2) is 20.5 Å². The number of hydrogen-bond donors (Lipinski definition) is 0. The summed E-state index contributed by atoms with van der Waals surface area (Å²) in [6, 6.07) is 0. The van der Waals surface area contributed by atoms with Crippen molar-refractivity contribution < 1.29 is 17.0 Å². The van der Waals surface area contributed by atoms with Crippen LogP contribution in [0, 0.1) is 0 Å². The molecule has 0 N–H and O–H groups in total. The summed E-state index contributed by atoms with van der Waals surface area (Å²) in [7, 11) is -4.04. The maximum absolute atomic E-state index is 14.0. The van der Waals surface area contributed by atoms with E-state index in [9.17, 15) is 12.8 Å². The molecule has 1 unspecified atom stereocenters. The average molecular weight is 437 g/mol. The Labute approximate surface area is 181 Å². The molecule has 0 fully saturated rings. The lowest BCUT2D eigenvalue weighted by Gasteiger charge is -2.10. The molecule has 0 heterocycles. The maximum atomic E-state index is 14.0. The van der Waals surface area contributed by atoms with E-state index in [1.807, 2.05) is 0 Å². The number of hydrogen-bond acceptors (Lipinski definition) is 3. The van der Waals surface area contributed by atoms with Crippen LogP contribution in [0.15, 0.2) is 0 Å². The highest BCUT2D eigenvalue weighted by atomic mass is 32.2. The summed E-state index contributed by atoms with van der Waals surface area (Å²) in [6.45, 7) is 4.56. The molecule has 0 aliphatic carbocycles. The van der Waals surface area contributed by atoms with Crippen LogP contribution < -0.4 is 0 Å². The van der Waals surface area contributed by atoms with Gasteiger partial charge in [0, 0.05) is 0 Å². The molecule has 0 saturated heterocycles. The molecule has 176 valence electrons. The maximum Gasteiger partial charge on any atom is 0.299 e. The second kappa shape index (κ2) is 21.1. The van der Waals surface area contributed by atoms with Gasteiger partial charge >= 0.3 is 0 Å². The Morgan fingerprint density at radius 2 is 0.931 bits per heavy atom. The molecule has 0 amide bonds. The van der Waals surface area contributed by atoms with Crippen LogP contribution in [0.1, 0.15) is 142 Å². The first-order valence-corrected chi connectivity index (χ1v) is 14.0. The first-order valence-electron chi connectivity index (χ1n) is 12.6. The molecule has 0 aliphatic heterocycles. The lowest BCUT2D eigenvalue weighted by atomic mass is 10.1. The molecule has 0 saturated carbocycles. The Bertz CT molecular complexity index is 426.